The maximum atomic E-state index is 12.2. The van der Waals surface area contributed by atoms with Crippen molar-refractivity contribution in [2.24, 2.45) is 5.10 Å². The van der Waals surface area contributed by atoms with E-state index in [1.807, 2.05) is 36.4 Å². The largest absolute Gasteiger partial charge is 0.454 e. The van der Waals surface area contributed by atoms with Gasteiger partial charge in [-0.3, -0.25) is 14.8 Å². The number of hydrogen-bond acceptors (Lipinski definition) is 6. The maximum Gasteiger partial charge on any atom is 0.240 e. The summed E-state index contributed by atoms with van der Waals surface area (Å²) in [5.41, 5.74) is 4.37. The van der Waals surface area contributed by atoms with Gasteiger partial charge in [0, 0.05) is 31.3 Å². The zero-order valence-electron chi connectivity index (χ0n) is 14.6. The van der Waals surface area contributed by atoms with Crippen LogP contribution in [0.5, 0.6) is 11.5 Å². The third kappa shape index (κ3) is 2.68. The number of ether oxygens (including phenoxy) is 2. The lowest BCUT2D eigenvalue weighted by molar-refractivity contribution is -0.130. The summed E-state index contributed by atoms with van der Waals surface area (Å²) in [6.45, 7) is 1.76. The Kier molecular flexibility index (Phi) is 3.53. The number of amides is 1. The molecule has 0 aliphatic carbocycles. The van der Waals surface area contributed by atoms with Crippen LogP contribution in [-0.4, -0.2) is 33.4 Å². The third-order valence-corrected chi connectivity index (χ3v) is 4.82. The number of aromatic nitrogens is 2. The Morgan fingerprint density at radius 2 is 1.85 bits per heavy atom. The van der Waals surface area contributed by atoms with Crippen LogP contribution in [0.3, 0.4) is 0 Å². The molecule has 0 spiro atoms. The standard InChI is InChI=1S/C20H16N4O3/c1-12(25)24-18(14-2-4-15-17(8-14)22-7-6-21-15)10-16(23-24)13-3-5-19-20(9-13)27-11-26-19/h2-9,18H,10-11H2,1H3/t18-/m1/s1. The average Bonchev–Trinajstić information content (AvgIpc) is 3.34. The van der Waals surface area contributed by atoms with Crippen molar-refractivity contribution >= 4 is 22.7 Å². The normalized spacial score (nSPS) is 18.0. The van der Waals surface area contributed by atoms with E-state index in [-0.39, 0.29) is 18.7 Å². The van der Waals surface area contributed by atoms with Crippen molar-refractivity contribution in [2.75, 3.05) is 6.79 Å². The van der Waals surface area contributed by atoms with E-state index in [2.05, 4.69) is 15.1 Å². The lowest BCUT2D eigenvalue weighted by Crippen LogP contribution is -2.24. The van der Waals surface area contributed by atoms with E-state index >= 15 is 0 Å². The first-order valence-electron chi connectivity index (χ1n) is 8.67. The molecule has 0 bridgehead atoms. The Morgan fingerprint density at radius 1 is 1.04 bits per heavy atom. The molecule has 5 rings (SSSR count). The Morgan fingerprint density at radius 3 is 2.70 bits per heavy atom. The van der Waals surface area contributed by atoms with E-state index in [9.17, 15) is 4.79 Å². The van der Waals surface area contributed by atoms with E-state index in [0.29, 0.717) is 12.2 Å². The molecule has 3 heterocycles. The fourth-order valence-electron chi connectivity index (χ4n) is 3.50. The summed E-state index contributed by atoms with van der Waals surface area (Å²) in [6, 6.07) is 11.4. The summed E-state index contributed by atoms with van der Waals surface area (Å²) in [5, 5.41) is 6.13. The van der Waals surface area contributed by atoms with Crippen molar-refractivity contribution in [3.63, 3.8) is 0 Å². The van der Waals surface area contributed by atoms with Crippen LogP contribution in [0.15, 0.2) is 53.9 Å². The molecule has 0 unspecified atom stereocenters. The zero-order chi connectivity index (χ0) is 18.4. The van der Waals surface area contributed by atoms with E-state index < -0.39 is 0 Å². The van der Waals surface area contributed by atoms with Crippen LogP contribution in [-0.2, 0) is 4.79 Å². The molecule has 2 aliphatic heterocycles. The van der Waals surface area contributed by atoms with Gasteiger partial charge >= 0.3 is 0 Å². The van der Waals surface area contributed by atoms with Gasteiger partial charge < -0.3 is 9.47 Å². The summed E-state index contributed by atoms with van der Waals surface area (Å²) in [7, 11) is 0. The van der Waals surface area contributed by atoms with Crippen molar-refractivity contribution in [3.05, 3.63) is 59.9 Å². The lowest BCUT2D eigenvalue weighted by Gasteiger charge is -2.20. The molecule has 0 radical (unpaired) electrons. The summed E-state index contributed by atoms with van der Waals surface area (Å²) in [5.74, 6) is 1.33. The molecule has 2 aliphatic rings. The molecule has 1 aromatic heterocycles. The minimum atomic E-state index is -0.172. The third-order valence-electron chi connectivity index (χ3n) is 4.82. The molecule has 3 aromatic rings. The van der Waals surface area contributed by atoms with Gasteiger partial charge in [0.05, 0.1) is 22.8 Å². The number of fused-ring (bicyclic) bond motifs is 2. The Hall–Kier alpha value is -3.48. The predicted octanol–water partition coefficient (Wildman–Crippen LogP) is 3.06. The van der Waals surface area contributed by atoms with Crippen LogP contribution in [0.25, 0.3) is 11.0 Å². The van der Waals surface area contributed by atoms with Crippen LogP contribution < -0.4 is 9.47 Å². The fourth-order valence-corrected chi connectivity index (χ4v) is 3.50. The van der Waals surface area contributed by atoms with Gasteiger partial charge in [-0.1, -0.05) is 6.07 Å². The van der Waals surface area contributed by atoms with Crippen LogP contribution in [0.1, 0.15) is 30.5 Å². The van der Waals surface area contributed by atoms with Crippen LogP contribution in [0.2, 0.25) is 0 Å². The maximum absolute atomic E-state index is 12.2. The van der Waals surface area contributed by atoms with Crippen LogP contribution >= 0.6 is 0 Å². The number of carbonyl (C=O) groups is 1. The second-order valence-electron chi connectivity index (χ2n) is 6.50. The molecule has 1 amide bonds. The Bertz CT molecular complexity index is 1100. The minimum Gasteiger partial charge on any atom is -0.454 e. The highest BCUT2D eigenvalue weighted by Crippen LogP contribution is 2.37. The molecule has 134 valence electrons. The van der Waals surface area contributed by atoms with E-state index in [0.717, 1.165) is 33.6 Å². The SMILES string of the molecule is CC(=O)N1N=C(c2ccc3c(c2)OCO3)C[C@@H]1c1ccc2nccnc2c1. The van der Waals surface area contributed by atoms with Crippen molar-refractivity contribution in [2.45, 2.75) is 19.4 Å². The van der Waals surface area contributed by atoms with Gasteiger partial charge in [-0.2, -0.15) is 5.10 Å². The number of hydrazone groups is 1. The van der Waals surface area contributed by atoms with Crippen molar-refractivity contribution in [1.29, 1.82) is 0 Å². The number of nitrogens with zero attached hydrogens (tertiary/aromatic N) is 4. The molecule has 0 saturated carbocycles. The lowest BCUT2D eigenvalue weighted by atomic mass is 9.97. The van der Waals surface area contributed by atoms with Crippen molar-refractivity contribution < 1.29 is 14.3 Å². The predicted molar refractivity (Wildman–Crippen MR) is 98.5 cm³/mol. The number of benzene rings is 2. The first-order chi connectivity index (χ1) is 13.2. The van der Waals surface area contributed by atoms with Crippen molar-refractivity contribution in [1.82, 2.24) is 15.0 Å². The van der Waals surface area contributed by atoms with Crippen LogP contribution in [0, 0.1) is 0 Å². The smallest absolute Gasteiger partial charge is 0.240 e. The van der Waals surface area contributed by atoms with E-state index in [1.54, 1.807) is 12.4 Å². The highest BCUT2D eigenvalue weighted by molar-refractivity contribution is 6.03. The van der Waals surface area contributed by atoms with E-state index in [4.69, 9.17) is 9.47 Å². The van der Waals surface area contributed by atoms with Gasteiger partial charge in [-0.25, -0.2) is 5.01 Å². The Labute approximate surface area is 155 Å². The topological polar surface area (TPSA) is 76.9 Å². The summed E-state index contributed by atoms with van der Waals surface area (Å²) in [6.07, 6.45) is 3.95. The second kappa shape index (κ2) is 6.05. The van der Waals surface area contributed by atoms with Gasteiger partial charge in [0.2, 0.25) is 12.7 Å². The van der Waals surface area contributed by atoms with Gasteiger partial charge in [-0.15, -0.1) is 0 Å². The zero-order valence-corrected chi connectivity index (χ0v) is 14.6. The number of rotatable bonds is 2. The molecule has 0 saturated heterocycles. The quantitative estimate of drug-likeness (QED) is 0.702. The van der Waals surface area contributed by atoms with Crippen molar-refractivity contribution in [3.8, 4) is 11.5 Å². The summed E-state index contributed by atoms with van der Waals surface area (Å²) in [4.78, 5) is 20.9. The second-order valence-corrected chi connectivity index (χ2v) is 6.50. The van der Waals surface area contributed by atoms with Gasteiger partial charge in [0.1, 0.15) is 0 Å². The molecule has 1 atom stereocenters. The summed E-state index contributed by atoms with van der Waals surface area (Å²) < 4.78 is 10.8. The van der Waals surface area contributed by atoms with Crippen LogP contribution in [0.4, 0.5) is 0 Å². The first-order valence-corrected chi connectivity index (χ1v) is 8.67. The molecule has 2 aromatic carbocycles. The molecule has 7 nitrogen and oxygen atoms in total. The molecule has 27 heavy (non-hydrogen) atoms. The van der Waals surface area contributed by atoms with Gasteiger partial charge in [-0.05, 0) is 35.9 Å². The molecular formula is C20H16N4O3. The molecule has 0 N–H and O–H groups in total. The highest BCUT2D eigenvalue weighted by Gasteiger charge is 2.32. The van der Waals surface area contributed by atoms with Gasteiger partial charge in [0.25, 0.3) is 0 Å². The number of carbonyl (C=O) groups excluding carboxylic acids is 1. The fraction of sp³-hybridized carbons (Fsp3) is 0.200. The monoisotopic (exact) mass is 360 g/mol. The highest BCUT2D eigenvalue weighted by atomic mass is 16.7. The Balaban J connectivity index is 1.51. The average molecular weight is 360 g/mol. The minimum absolute atomic E-state index is 0.102. The first kappa shape index (κ1) is 15.7. The number of hydrogen-bond donors (Lipinski definition) is 0. The van der Waals surface area contributed by atoms with E-state index in [1.165, 1.54) is 11.9 Å². The molecule has 0 fully saturated rings. The molecule has 7 heteroatoms. The summed E-state index contributed by atoms with van der Waals surface area (Å²) >= 11 is 0. The molecular weight excluding hydrogens is 344 g/mol. The van der Waals surface area contributed by atoms with Gasteiger partial charge in [0.15, 0.2) is 11.5 Å².